The van der Waals surface area contributed by atoms with Gasteiger partial charge in [0.15, 0.2) is 11.4 Å². The Kier molecular flexibility index (Phi) is 5.05. The first-order valence-electron chi connectivity index (χ1n) is 10.1. The Labute approximate surface area is 180 Å². The quantitative estimate of drug-likeness (QED) is 0.305. The lowest BCUT2D eigenvalue weighted by Crippen LogP contribution is -2.29. The predicted molar refractivity (Wildman–Crippen MR) is 122 cm³/mol. The third-order valence-electron chi connectivity index (χ3n) is 5.46. The molecule has 3 aromatic rings. The van der Waals surface area contributed by atoms with Gasteiger partial charge in [-0.25, -0.2) is 4.79 Å². The van der Waals surface area contributed by atoms with Crippen molar-refractivity contribution in [2.45, 2.75) is 33.3 Å². The SMILES string of the molecule is C/C=C(\C)C(=O)c1c2c(c(OC)c3c(-c4ccccc4)cc(=O)oc13)C=CC(C)(C)O2. The van der Waals surface area contributed by atoms with Crippen molar-refractivity contribution in [3.05, 3.63) is 75.7 Å². The molecule has 31 heavy (non-hydrogen) atoms. The second-order valence-electron chi connectivity index (χ2n) is 8.04. The standard InChI is InChI=1S/C26H24O5/c1-6-15(2)22(28)21-24-17(12-13-26(3,4)31-24)23(29-5)20-18(14-19(27)30-25(20)21)16-10-8-7-9-11-16/h6-14H,1-5H3/b15-6+. The van der Waals surface area contributed by atoms with Gasteiger partial charge in [0.2, 0.25) is 0 Å². The highest BCUT2D eigenvalue weighted by atomic mass is 16.5. The van der Waals surface area contributed by atoms with Crippen molar-refractivity contribution < 1.29 is 18.7 Å². The molecule has 0 spiro atoms. The number of ketones is 1. The first-order chi connectivity index (χ1) is 14.8. The zero-order valence-corrected chi connectivity index (χ0v) is 18.2. The van der Waals surface area contributed by atoms with E-state index in [2.05, 4.69) is 0 Å². The highest BCUT2D eigenvalue weighted by Crippen LogP contribution is 2.48. The summed E-state index contributed by atoms with van der Waals surface area (Å²) >= 11 is 0. The van der Waals surface area contributed by atoms with E-state index < -0.39 is 11.2 Å². The van der Waals surface area contributed by atoms with Crippen molar-refractivity contribution >= 4 is 22.8 Å². The van der Waals surface area contributed by atoms with Gasteiger partial charge in [-0.3, -0.25) is 4.79 Å². The van der Waals surface area contributed by atoms with Gasteiger partial charge < -0.3 is 13.9 Å². The molecule has 0 unspecified atom stereocenters. The van der Waals surface area contributed by atoms with Crippen LogP contribution in [-0.2, 0) is 0 Å². The molecule has 4 rings (SSSR count). The molecule has 0 saturated heterocycles. The smallest absolute Gasteiger partial charge is 0.336 e. The molecule has 0 N–H and O–H groups in total. The number of rotatable bonds is 4. The summed E-state index contributed by atoms with van der Waals surface area (Å²) in [4.78, 5) is 26.1. The Hall–Kier alpha value is -3.60. The maximum Gasteiger partial charge on any atom is 0.336 e. The highest BCUT2D eigenvalue weighted by Gasteiger charge is 2.34. The number of methoxy groups -OCH3 is 1. The van der Waals surface area contributed by atoms with Crippen LogP contribution >= 0.6 is 0 Å². The van der Waals surface area contributed by atoms with Gasteiger partial charge in [-0.2, -0.15) is 0 Å². The van der Waals surface area contributed by atoms with E-state index in [4.69, 9.17) is 13.9 Å². The topological polar surface area (TPSA) is 65.7 Å². The number of Topliss-reactive ketones (excluding diaryl/α,β-unsaturated/α-hetero) is 1. The number of hydrogen-bond acceptors (Lipinski definition) is 5. The van der Waals surface area contributed by atoms with Crippen LogP contribution in [0.25, 0.3) is 28.2 Å². The maximum absolute atomic E-state index is 13.5. The Bertz CT molecular complexity index is 1310. The van der Waals surface area contributed by atoms with Crippen molar-refractivity contribution in [1.29, 1.82) is 0 Å². The first-order valence-corrected chi connectivity index (χ1v) is 10.1. The summed E-state index contributed by atoms with van der Waals surface area (Å²) < 4.78 is 17.7. The fraction of sp³-hybridized carbons (Fsp3) is 0.231. The van der Waals surface area contributed by atoms with E-state index in [1.807, 2.05) is 56.3 Å². The zero-order chi connectivity index (χ0) is 22.3. The van der Waals surface area contributed by atoms with Gasteiger partial charge in [-0.1, -0.05) is 36.4 Å². The molecule has 0 radical (unpaired) electrons. The zero-order valence-electron chi connectivity index (χ0n) is 18.2. The largest absolute Gasteiger partial charge is 0.495 e. The molecule has 2 aromatic carbocycles. The van der Waals surface area contributed by atoms with Gasteiger partial charge in [0.1, 0.15) is 22.7 Å². The normalized spacial score (nSPS) is 14.8. The van der Waals surface area contributed by atoms with Gasteiger partial charge in [-0.15, -0.1) is 0 Å². The Morgan fingerprint density at radius 1 is 1.16 bits per heavy atom. The van der Waals surface area contributed by atoms with E-state index in [-0.39, 0.29) is 16.9 Å². The molecule has 5 nitrogen and oxygen atoms in total. The van der Waals surface area contributed by atoms with Crippen LogP contribution in [-0.4, -0.2) is 18.5 Å². The Balaban J connectivity index is 2.25. The molecule has 0 saturated carbocycles. The minimum absolute atomic E-state index is 0.166. The lowest BCUT2D eigenvalue weighted by molar-refractivity contribution is 0.102. The van der Waals surface area contributed by atoms with Crippen LogP contribution in [0, 0.1) is 0 Å². The molecule has 0 atom stereocenters. The number of benzene rings is 2. The molecule has 1 aliphatic rings. The average molecular weight is 416 g/mol. The van der Waals surface area contributed by atoms with Gasteiger partial charge in [0.05, 0.1) is 18.1 Å². The number of ether oxygens (including phenoxy) is 2. The van der Waals surface area contributed by atoms with Gasteiger partial charge in [-0.05, 0) is 51.0 Å². The van der Waals surface area contributed by atoms with E-state index in [0.717, 1.165) is 5.56 Å². The van der Waals surface area contributed by atoms with E-state index >= 15 is 0 Å². The molecule has 5 heteroatoms. The van der Waals surface area contributed by atoms with Crippen molar-refractivity contribution in [2.24, 2.45) is 0 Å². The third-order valence-corrected chi connectivity index (χ3v) is 5.46. The number of hydrogen-bond donors (Lipinski definition) is 0. The molecule has 2 heterocycles. The number of carbonyl (C=O) groups excluding carboxylic acids is 1. The van der Waals surface area contributed by atoms with Crippen molar-refractivity contribution in [1.82, 2.24) is 0 Å². The Morgan fingerprint density at radius 2 is 1.87 bits per heavy atom. The molecular formula is C26H24O5. The molecule has 0 aliphatic carbocycles. The van der Waals surface area contributed by atoms with Gasteiger partial charge in [0.25, 0.3) is 0 Å². The summed E-state index contributed by atoms with van der Waals surface area (Å²) in [5.41, 5.74) is 1.84. The molecule has 1 aromatic heterocycles. The monoisotopic (exact) mass is 416 g/mol. The van der Waals surface area contributed by atoms with Gasteiger partial charge in [0, 0.05) is 11.6 Å². The molecule has 0 amide bonds. The predicted octanol–water partition coefficient (Wildman–Crippen LogP) is 5.80. The lowest BCUT2D eigenvalue weighted by Gasteiger charge is -2.31. The van der Waals surface area contributed by atoms with Crippen molar-refractivity contribution in [2.75, 3.05) is 7.11 Å². The summed E-state index contributed by atoms with van der Waals surface area (Å²) in [5, 5.41) is 0.562. The maximum atomic E-state index is 13.5. The summed E-state index contributed by atoms with van der Waals surface area (Å²) in [6.07, 6.45) is 5.55. The van der Waals surface area contributed by atoms with E-state index in [9.17, 15) is 9.59 Å². The van der Waals surface area contributed by atoms with Crippen LogP contribution in [0.1, 0.15) is 43.6 Å². The number of carbonyl (C=O) groups is 1. The van der Waals surface area contributed by atoms with Crippen LogP contribution < -0.4 is 15.1 Å². The van der Waals surface area contributed by atoms with Crippen LogP contribution in [0.5, 0.6) is 11.5 Å². The van der Waals surface area contributed by atoms with E-state index in [1.165, 1.54) is 6.07 Å². The minimum atomic E-state index is -0.637. The molecular weight excluding hydrogens is 392 g/mol. The van der Waals surface area contributed by atoms with E-state index in [0.29, 0.717) is 33.6 Å². The van der Waals surface area contributed by atoms with Gasteiger partial charge >= 0.3 is 5.63 Å². The minimum Gasteiger partial charge on any atom is -0.495 e. The molecule has 158 valence electrons. The summed E-state index contributed by atoms with van der Waals surface area (Å²) in [7, 11) is 1.56. The molecule has 0 bridgehead atoms. The fourth-order valence-electron chi connectivity index (χ4n) is 3.80. The molecule has 0 fully saturated rings. The van der Waals surface area contributed by atoms with Crippen LogP contribution in [0.2, 0.25) is 0 Å². The van der Waals surface area contributed by atoms with Crippen LogP contribution in [0.3, 0.4) is 0 Å². The lowest BCUT2D eigenvalue weighted by atomic mass is 9.90. The van der Waals surface area contributed by atoms with Crippen LogP contribution in [0.15, 0.2) is 63.3 Å². The van der Waals surface area contributed by atoms with E-state index in [1.54, 1.807) is 27.0 Å². The number of allylic oxidation sites excluding steroid dienone is 2. The Morgan fingerprint density at radius 3 is 2.52 bits per heavy atom. The van der Waals surface area contributed by atoms with Crippen molar-refractivity contribution in [3.63, 3.8) is 0 Å². The summed E-state index contributed by atoms with van der Waals surface area (Å²) in [5.74, 6) is 0.594. The first kappa shape index (κ1) is 20.7. The number of fused-ring (bicyclic) bond motifs is 2. The highest BCUT2D eigenvalue weighted by molar-refractivity contribution is 6.20. The second kappa shape index (κ2) is 7.58. The molecule has 1 aliphatic heterocycles. The fourth-order valence-corrected chi connectivity index (χ4v) is 3.80. The second-order valence-corrected chi connectivity index (χ2v) is 8.04. The summed E-state index contributed by atoms with van der Waals surface area (Å²) in [6, 6.07) is 10.9. The average Bonchev–Trinajstić information content (AvgIpc) is 2.76. The summed E-state index contributed by atoms with van der Waals surface area (Å²) in [6.45, 7) is 7.32. The van der Waals surface area contributed by atoms with Crippen molar-refractivity contribution in [3.8, 4) is 22.6 Å². The van der Waals surface area contributed by atoms with Crippen LogP contribution in [0.4, 0.5) is 0 Å². The third kappa shape index (κ3) is 3.46.